The van der Waals surface area contributed by atoms with Gasteiger partial charge in [-0.25, -0.2) is 0 Å². The maximum absolute atomic E-state index is 13.0. The van der Waals surface area contributed by atoms with Gasteiger partial charge in [0.15, 0.2) is 0 Å². The lowest BCUT2D eigenvalue weighted by molar-refractivity contribution is -0.125. The van der Waals surface area contributed by atoms with Crippen molar-refractivity contribution in [1.29, 1.82) is 0 Å². The maximum Gasteiger partial charge on any atom is 0.255 e. The number of ether oxygens (including phenoxy) is 1. The standard InChI is InChI=1S/C26H37N5O4.C23H24N2O2/c1-27-25(34)24(3-2-15-32)31-19-21-17-22(4-5-23(21)26(31)35)30-12-10-29(11-13-30)18-20-6-8-28(9-7-20)14-16-33;1-16-6-9-20(10-7-16)27-22-5-3-4-18-12-19(8-11-21(18)22)23(26)25-14-17(15-25)13-24-2/h4-5,15-17,20,24H,2-3,6-14,18-19H2,1H3,(H,27,34);3-12,17,24H,13-15H2,1-2H3. The predicted molar refractivity (Wildman–Crippen MR) is 242 cm³/mol. The molecule has 3 fully saturated rings. The van der Waals surface area contributed by atoms with Gasteiger partial charge in [0.2, 0.25) is 5.91 Å². The van der Waals surface area contributed by atoms with Crippen LogP contribution in [-0.2, 0) is 20.9 Å². The highest BCUT2D eigenvalue weighted by atomic mass is 16.5. The molecule has 4 aromatic carbocycles. The monoisotopic (exact) mass is 843 g/mol. The average molecular weight is 844 g/mol. The van der Waals surface area contributed by atoms with E-state index in [4.69, 9.17) is 4.74 Å². The molecule has 4 aromatic rings. The molecule has 328 valence electrons. The molecule has 0 radical (unpaired) electrons. The largest absolute Gasteiger partial charge is 0.457 e. The first-order valence-electron chi connectivity index (χ1n) is 22.1. The summed E-state index contributed by atoms with van der Waals surface area (Å²) in [6.45, 7) is 12.7. The molecule has 13 heteroatoms. The Kier molecular flexibility index (Phi) is 15.0. The molecule has 8 rings (SSSR count). The van der Waals surface area contributed by atoms with E-state index < -0.39 is 6.04 Å². The molecule has 0 saturated carbocycles. The minimum Gasteiger partial charge on any atom is -0.457 e. The highest BCUT2D eigenvalue weighted by molar-refractivity contribution is 6.02. The molecule has 3 amide bonds. The number of amides is 3. The number of fused-ring (bicyclic) bond motifs is 2. The van der Waals surface area contributed by atoms with E-state index in [-0.39, 0.29) is 24.1 Å². The van der Waals surface area contributed by atoms with Crippen LogP contribution in [0, 0.1) is 18.8 Å². The van der Waals surface area contributed by atoms with Crippen LogP contribution in [-0.4, -0.2) is 142 Å². The number of carbonyl (C=O) groups excluding carboxylic acids is 5. The molecule has 4 aliphatic heterocycles. The second kappa shape index (κ2) is 21.0. The number of likely N-dealkylation sites (tertiary alicyclic amines) is 2. The van der Waals surface area contributed by atoms with Crippen LogP contribution in [0.1, 0.15) is 57.5 Å². The van der Waals surface area contributed by atoms with Gasteiger partial charge >= 0.3 is 0 Å². The molecule has 2 N–H and O–H groups in total. The smallest absolute Gasteiger partial charge is 0.255 e. The van der Waals surface area contributed by atoms with Crippen LogP contribution in [0.5, 0.6) is 11.5 Å². The number of carbonyl (C=O) groups is 5. The lowest BCUT2D eigenvalue weighted by Gasteiger charge is -2.39. The Bertz CT molecular complexity index is 2190. The van der Waals surface area contributed by atoms with Crippen LogP contribution in [0.2, 0.25) is 0 Å². The van der Waals surface area contributed by atoms with Gasteiger partial charge in [0, 0.05) is 100 Å². The van der Waals surface area contributed by atoms with E-state index in [9.17, 15) is 24.0 Å². The third kappa shape index (κ3) is 10.7. The molecule has 4 aliphatic rings. The summed E-state index contributed by atoms with van der Waals surface area (Å²) in [6, 6.07) is 25.1. The lowest BCUT2D eigenvalue weighted by Crippen LogP contribution is -2.52. The van der Waals surface area contributed by atoms with Gasteiger partial charge in [0.05, 0.1) is 6.54 Å². The number of nitrogens with zero attached hydrogens (tertiary/aromatic N) is 5. The number of piperidine rings is 1. The van der Waals surface area contributed by atoms with Gasteiger partial charge in [-0.2, -0.15) is 0 Å². The number of anilines is 1. The number of benzene rings is 4. The van der Waals surface area contributed by atoms with Crippen molar-refractivity contribution in [2.75, 3.05) is 91.0 Å². The van der Waals surface area contributed by atoms with E-state index in [0.717, 1.165) is 130 Å². The number of aryl methyl sites for hydroxylation is 1. The molecule has 62 heavy (non-hydrogen) atoms. The number of piperazine rings is 1. The van der Waals surface area contributed by atoms with Gasteiger partial charge in [0.1, 0.15) is 30.1 Å². The number of nitrogens with one attached hydrogen (secondary N) is 2. The number of likely N-dealkylation sites (N-methyl/N-ethyl adjacent to an activating group) is 1. The quantitative estimate of drug-likeness (QED) is 0.158. The van der Waals surface area contributed by atoms with E-state index in [1.807, 2.05) is 84.7 Å². The lowest BCUT2D eigenvalue weighted by atomic mass is 9.96. The maximum atomic E-state index is 13.0. The number of rotatable bonds is 15. The molecule has 0 aromatic heterocycles. The van der Waals surface area contributed by atoms with E-state index in [0.29, 0.717) is 36.9 Å². The van der Waals surface area contributed by atoms with Gasteiger partial charge in [0.25, 0.3) is 11.8 Å². The molecular formula is C49H61N7O6. The summed E-state index contributed by atoms with van der Waals surface area (Å²) in [7, 11) is 3.50. The Morgan fingerprint density at radius 1 is 0.839 bits per heavy atom. The molecular weight excluding hydrogens is 783 g/mol. The summed E-state index contributed by atoms with van der Waals surface area (Å²) < 4.78 is 6.07. The Morgan fingerprint density at radius 2 is 1.60 bits per heavy atom. The van der Waals surface area contributed by atoms with Crippen molar-refractivity contribution in [3.63, 3.8) is 0 Å². The number of hydrogen-bond acceptors (Lipinski definition) is 10. The molecule has 1 unspecified atom stereocenters. The predicted octanol–water partition coefficient (Wildman–Crippen LogP) is 5.00. The van der Waals surface area contributed by atoms with Crippen LogP contribution >= 0.6 is 0 Å². The van der Waals surface area contributed by atoms with E-state index in [1.165, 1.54) is 5.56 Å². The van der Waals surface area contributed by atoms with E-state index in [1.54, 1.807) is 11.9 Å². The zero-order valence-corrected chi connectivity index (χ0v) is 36.4. The van der Waals surface area contributed by atoms with Crippen molar-refractivity contribution in [2.45, 2.75) is 45.2 Å². The summed E-state index contributed by atoms with van der Waals surface area (Å²) >= 11 is 0. The molecule has 0 aliphatic carbocycles. The van der Waals surface area contributed by atoms with E-state index >= 15 is 0 Å². The molecule has 0 spiro atoms. The van der Waals surface area contributed by atoms with Gasteiger partial charge in [-0.15, -0.1) is 0 Å². The Labute approximate surface area is 365 Å². The molecule has 4 heterocycles. The van der Waals surface area contributed by atoms with Crippen LogP contribution in [0.4, 0.5) is 5.69 Å². The second-order valence-corrected chi connectivity index (χ2v) is 17.1. The fourth-order valence-corrected chi connectivity index (χ4v) is 9.16. The van der Waals surface area contributed by atoms with Crippen molar-refractivity contribution < 1.29 is 28.7 Å². The Hall–Kier alpha value is -5.63. The topological polar surface area (TPSA) is 135 Å². The Morgan fingerprint density at radius 3 is 2.29 bits per heavy atom. The van der Waals surface area contributed by atoms with Crippen molar-refractivity contribution in [3.05, 3.63) is 101 Å². The summed E-state index contributed by atoms with van der Waals surface area (Å²) in [5.74, 6) is 2.60. The Balaban J connectivity index is 0.000000192. The minimum absolute atomic E-state index is 0.106. The van der Waals surface area contributed by atoms with Crippen molar-refractivity contribution in [3.8, 4) is 11.5 Å². The van der Waals surface area contributed by atoms with Crippen molar-refractivity contribution >= 4 is 46.8 Å². The summed E-state index contributed by atoms with van der Waals surface area (Å²) in [5, 5.41) is 7.81. The highest BCUT2D eigenvalue weighted by Gasteiger charge is 2.36. The third-order valence-electron chi connectivity index (χ3n) is 12.8. The average Bonchev–Trinajstić information content (AvgIpc) is 3.61. The van der Waals surface area contributed by atoms with Crippen LogP contribution in [0.3, 0.4) is 0 Å². The molecule has 0 bridgehead atoms. The first kappa shape index (κ1) is 44.4. The fraction of sp³-hybridized carbons (Fsp3) is 0.449. The van der Waals surface area contributed by atoms with Crippen molar-refractivity contribution in [2.24, 2.45) is 11.8 Å². The number of hydrogen-bond donors (Lipinski definition) is 2. The van der Waals surface area contributed by atoms with Crippen LogP contribution < -0.4 is 20.3 Å². The first-order valence-corrected chi connectivity index (χ1v) is 22.1. The highest BCUT2D eigenvalue weighted by Crippen LogP contribution is 2.33. The van der Waals surface area contributed by atoms with Gasteiger partial charge in [-0.1, -0.05) is 29.8 Å². The van der Waals surface area contributed by atoms with Gasteiger partial charge < -0.3 is 39.7 Å². The summed E-state index contributed by atoms with van der Waals surface area (Å²) in [6.07, 6.45) is 4.68. The zero-order valence-electron chi connectivity index (χ0n) is 36.4. The van der Waals surface area contributed by atoms with Gasteiger partial charge in [-0.3, -0.25) is 24.2 Å². The second-order valence-electron chi connectivity index (χ2n) is 17.1. The van der Waals surface area contributed by atoms with Crippen LogP contribution in [0.25, 0.3) is 10.8 Å². The van der Waals surface area contributed by atoms with Crippen LogP contribution in [0.15, 0.2) is 78.9 Å². The number of aldehydes is 2. The first-order chi connectivity index (χ1) is 30.2. The van der Waals surface area contributed by atoms with Gasteiger partial charge in [-0.05, 0) is 118 Å². The molecule has 13 nitrogen and oxygen atoms in total. The minimum atomic E-state index is -0.637. The molecule has 1 atom stereocenters. The summed E-state index contributed by atoms with van der Waals surface area (Å²) in [4.78, 5) is 70.4. The zero-order chi connectivity index (χ0) is 43.6. The normalized spacial score (nSPS) is 17.8. The fourth-order valence-electron chi connectivity index (χ4n) is 9.16. The summed E-state index contributed by atoms with van der Waals surface area (Å²) in [5.41, 5.74) is 4.64. The van der Waals surface area contributed by atoms with Crippen molar-refractivity contribution in [1.82, 2.24) is 30.2 Å². The third-order valence-corrected chi connectivity index (χ3v) is 12.8. The molecule has 3 saturated heterocycles. The SMILES string of the molecule is CNC(=O)C(CCC=O)N1Cc2cc(N3CCN(CC4CCN(CC=O)CC4)CC3)ccc2C1=O.CNCC1CN(C(=O)c2ccc3c(Oc4ccc(C)cc4)cccc3c2)C1. The van der Waals surface area contributed by atoms with E-state index in [2.05, 4.69) is 38.3 Å².